The number of benzene rings is 1. The van der Waals surface area contributed by atoms with Gasteiger partial charge in [-0.05, 0) is 43.1 Å². The summed E-state index contributed by atoms with van der Waals surface area (Å²) < 4.78 is 36.6. The monoisotopic (exact) mass is 445 g/mol. The number of pyridine rings is 1. The highest BCUT2D eigenvalue weighted by Crippen LogP contribution is 2.64. The number of nitrogens with two attached hydrogens (primary N) is 1. The van der Waals surface area contributed by atoms with E-state index >= 15 is 4.39 Å². The normalized spacial score (nSPS) is 31.9. The van der Waals surface area contributed by atoms with Crippen LogP contribution in [-0.2, 0) is 0 Å². The number of hydrogen-bond acceptors (Lipinski definition) is 5. The zero-order valence-electron chi connectivity index (χ0n) is 17.7. The van der Waals surface area contributed by atoms with Crippen LogP contribution in [0.2, 0.25) is 0 Å². The number of carboxylic acids is 1. The second kappa shape index (κ2) is 6.21. The van der Waals surface area contributed by atoms with E-state index in [2.05, 4.69) is 0 Å². The molecule has 32 heavy (non-hydrogen) atoms. The first-order valence-corrected chi connectivity index (χ1v) is 11.0. The van der Waals surface area contributed by atoms with Gasteiger partial charge in [0.05, 0.1) is 24.1 Å². The molecule has 0 amide bonds. The molecule has 0 bridgehead atoms. The Morgan fingerprint density at radius 3 is 2.66 bits per heavy atom. The lowest BCUT2D eigenvalue weighted by Gasteiger charge is -2.28. The summed E-state index contributed by atoms with van der Waals surface area (Å²) in [6.07, 6.45) is 4.58. The number of alkyl halides is 1. The van der Waals surface area contributed by atoms with Gasteiger partial charge in [0.2, 0.25) is 5.43 Å². The molecule has 4 aliphatic rings. The lowest BCUT2D eigenvalue weighted by Crippen LogP contribution is -2.44. The maximum Gasteiger partial charge on any atom is 0.341 e. The second-order valence-corrected chi connectivity index (χ2v) is 10.2. The van der Waals surface area contributed by atoms with Gasteiger partial charge in [-0.3, -0.25) is 4.79 Å². The Kier molecular flexibility index (Phi) is 3.88. The fourth-order valence-corrected chi connectivity index (χ4v) is 6.27. The Morgan fingerprint density at radius 2 is 2.09 bits per heavy atom. The van der Waals surface area contributed by atoms with Crippen molar-refractivity contribution in [2.45, 2.75) is 49.9 Å². The number of aromatic carboxylic acids is 1. The molecular formula is C23H25F2N3O4. The lowest BCUT2D eigenvalue weighted by atomic mass is 9.92. The molecule has 170 valence electrons. The minimum Gasteiger partial charge on any atom is -0.492 e. The molecule has 6 rings (SSSR count). The highest BCUT2D eigenvalue weighted by atomic mass is 19.1. The largest absolute Gasteiger partial charge is 0.492 e. The summed E-state index contributed by atoms with van der Waals surface area (Å²) in [4.78, 5) is 26.3. The van der Waals surface area contributed by atoms with E-state index in [1.807, 2.05) is 4.90 Å². The van der Waals surface area contributed by atoms with Gasteiger partial charge in [0.15, 0.2) is 11.6 Å². The Hall–Kier alpha value is -2.68. The Labute approximate surface area is 182 Å². The third-order valence-corrected chi connectivity index (χ3v) is 8.07. The van der Waals surface area contributed by atoms with Crippen LogP contribution in [-0.4, -0.2) is 47.6 Å². The number of fused-ring (bicyclic) bond motifs is 2. The molecule has 3 saturated carbocycles. The molecule has 4 atom stereocenters. The van der Waals surface area contributed by atoms with E-state index in [-0.39, 0.29) is 34.7 Å². The molecule has 7 nitrogen and oxygen atoms in total. The first-order chi connectivity index (χ1) is 15.2. The predicted molar refractivity (Wildman–Crippen MR) is 114 cm³/mol. The van der Waals surface area contributed by atoms with Crippen molar-refractivity contribution in [3.05, 3.63) is 33.9 Å². The first kappa shape index (κ1) is 20.0. The fourth-order valence-electron chi connectivity index (χ4n) is 6.27. The molecule has 1 aromatic heterocycles. The van der Waals surface area contributed by atoms with Crippen LogP contribution in [0.4, 0.5) is 14.5 Å². The molecule has 1 spiro atoms. The maximum absolute atomic E-state index is 15.5. The van der Waals surface area contributed by atoms with Crippen molar-refractivity contribution < 1.29 is 23.4 Å². The van der Waals surface area contributed by atoms with E-state index in [0.717, 1.165) is 25.1 Å². The molecule has 1 aromatic carbocycles. The maximum atomic E-state index is 15.5. The highest BCUT2D eigenvalue weighted by Gasteiger charge is 2.61. The summed E-state index contributed by atoms with van der Waals surface area (Å²) in [7, 11) is 1.38. The van der Waals surface area contributed by atoms with E-state index in [1.165, 1.54) is 24.5 Å². The van der Waals surface area contributed by atoms with Crippen molar-refractivity contribution in [1.29, 1.82) is 0 Å². The van der Waals surface area contributed by atoms with Crippen molar-refractivity contribution in [1.82, 2.24) is 4.57 Å². The summed E-state index contributed by atoms with van der Waals surface area (Å²) in [5, 5.41) is 9.33. The van der Waals surface area contributed by atoms with Gasteiger partial charge in [0.25, 0.3) is 0 Å². The number of halogens is 2. The summed E-state index contributed by atoms with van der Waals surface area (Å²) >= 11 is 0. The topological polar surface area (TPSA) is 97.8 Å². The van der Waals surface area contributed by atoms with Crippen molar-refractivity contribution >= 4 is 22.6 Å². The first-order valence-electron chi connectivity index (χ1n) is 11.0. The Bertz CT molecular complexity index is 1240. The van der Waals surface area contributed by atoms with E-state index in [4.69, 9.17) is 10.5 Å². The van der Waals surface area contributed by atoms with Crippen LogP contribution in [0.3, 0.4) is 0 Å². The molecule has 1 aliphatic heterocycles. The number of carboxylic acid groups (broad SMARTS) is 1. The van der Waals surface area contributed by atoms with Crippen LogP contribution in [0.5, 0.6) is 5.75 Å². The lowest BCUT2D eigenvalue weighted by molar-refractivity contribution is 0.0694. The summed E-state index contributed by atoms with van der Waals surface area (Å²) in [6.45, 7) is 1.06. The average Bonchev–Trinajstić information content (AvgIpc) is 3.59. The molecule has 9 heteroatoms. The quantitative estimate of drug-likeness (QED) is 0.751. The van der Waals surface area contributed by atoms with Crippen LogP contribution in [0.1, 0.15) is 48.5 Å². The van der Waals surface area contributed by atoms with E-state index in [9.17, 15) is 19.1 Å². The number of carbonyl (C=O) groups is 1. The Morgan fingerprint density at radius 1 is 1.38 bits per heavy atom. The van der Waals surface area contributed by atoms with Crippen LogP contribution < -0.4 is 20.8 Å². The third kappa shape index (κ3) is 2.66. The van der Waals surface area contributed by atoms with Gasteiger partial charge in [-0.25, -0.2) is 13.6 Å². The van der Waals surface area contributed by atoms with Crippen molar-refractivity contribution in [2.24, 2.45) is 17.1 Å². The minimum atomic E-state index is -1.43. The van der Waals surface area contributed by atoms with Gasteiger partial charge in [-0.1, -0.05) is 0 Å². The van der Waals surface area contributed by atoms with Gasteiger partial charge in [-0.15, -0.1) is 0 Å². The number of nitrogens with zero attached hydrogens (tertiary/aromatic N) is 2. The smallest absolute Gasteiger partial charge is 0.341 e. The Balaban J connectivity index is 1.53. The van der Waals surface area contributed by atoms with Crippen LogP contribution >= 0.6 is 0 Å². The fraction of sp³-hybridized carbons (Fsp3) is 0.565. The van der Waals surface area contributed by atoms with Crippen molar-refractivity contribution in [3.63, 3.8) is 0 Å². The number of aromatic nitrogens is 1. The van der Waals surface area contributed by atoms with Gasteiger partial charge in [0, 0.05) is 31.2 Å². The number of anilines is 1. The van der Waals surface area contributed by atoms with E-state index in [0.29, 0.717) is 18.5 Å². The van der Waals surface area contributed by atoms with Gasteiger partial charge in [-0.2, -0.15) is 0 Å². The molecule has 1 saturated heterocycles. The number of rotatable bonds is 4. The zero-order valence-corrected chi connectivity index (χ0v) is 17.7. The predicted octanol–water partition coefficient (Wildman–Crippen LogP) is 2.84. The molecular weight excluding hydrogens is 420 g/mol. The van der Waals surface area contributed by atoms with E-state index in [1.54, 1.807) is 0 Å². The SMILES string of the molecule is COc1c(N2CC3CC4(CC4)CC3(N)C2)c(F)cc2c(=O)c(C(=O)O)cn([C@@H]3C[C@@H]3F)c12. The number of hydrogen-bond donors (Lipinski definition) is 2. The van der Waals surface area contributed by atoms with Crippen molar-refractivity contribution in [3.8, 4) is 5.75 Å². The molecule has 2 aromatic rings. The average molecular weight is 445 g/mol. The van der Waals surface area contributed by atoms with Crippen LogP contribution in [0.25, 0.3) is 10.9 Å². The third-order valence-electron chi connectivity index (χ3n) is 8.07. The molecule has 2 unspecified atom stereocenters. The molecule has 4 fully saturated rings. The summed E-state index contributed by atoms with van der Waals surface area (Å²) in [6, 6.07) is 0.449. The number of methoxy groups -OCH3 is 1. The molecule has 3 N–H and O–H groups in total. The number of ether oxygens (including phenoxy) is 1. The summed E-state index contributed by atoms with van der Waals surface area (Å²) in [5.41, 5.74) is 5.85. The van der Waals surface area contributed by atoms with Gasteiger partial charge < -0.3 is 25.0 Å². The standard InChI is InChI=1S/C23H25F2N3O4/c1-32-20-17-12(19(29)13(21(30)31)8-28(17)16-5-14(16)24)4-15(25)18(20)27-7-11-6-22(2-3-22)9-23(11,26)10-27/h4,8,11,14,16H,2-3,5-7,9-10,26H2,1H3,(H,30,31)/t11?,14-,16+,23?/m0/s1. The van der Waals surface area contributed by atoms with Crippen molar-refractivity contribution in [2.75, 3.05) is 25.1 Å². The van der Waals surface area contributed by atoms with Crippen LogP contribution in [0.15, 0.2) is 17.1 Å². The highest BCUT2D eigenvalue weighted by molar-refractivity contribution is 5.97. The van der Waals surface area contributed by atoms with Crippen LogP contribution in [0, 0.1) is 17.2 Å². The summed E-state index contributed by atoms with van der Waals surface area (Å²) in [5.74, 6) is -1.73. The van der Waals surface area contributed by atoms with Gasteiger partial charge >= 0.3 is 5.97 Å². The van der Waals surface area contributed by atoms with E-state index < -0.39 is 40.5 Å². The molecule has 0 radical (unpaired) electrons. The molecule has 3 aliphatic carbocycles. The van der Waals surface area contributed by atoms with Gasteiger partial charge in [0.1, 0.15) is 17.4 Å². The second-order valence-electron chi connectivity index (χ2n) is 10.2. The zero-order chi connectivity index (χ0) is 22.6. The minimum absolute atomic E-state index is 0.123. The molecule has 2 heterocycles.